The smallest absolute Gasteiger partial charge is 0.291 e. The van der Waals surface area contributed by atoms with Crippen molar-refractivity contribution in [2.24, 2.45) is 0 Å². The molecule has 0 radical (unpaired) electrons. The maximum atomic E-state index is 12.4. The van der Waals surface area contributed by atoms with Crippen LogP contribution < -0.4 is 10.0 Å². The van der Waals surface area contributed by atoms with Gasteiger partial charge in [-0.15, -0.1) is 0 Å². The SMILES string of the molecule is O=C(Nc1ccc(S(=O)(=O)Nc2ccc(Cl)cc2)cc1)c1ccc(Br)o1. The lowest BCUT2D eigenvalue weighted by atomic mass is 10.3. The number of sulfonamides is 1. The summed E-state index contributed by atoms with van der Waals surface area (Å²) in [4.78, 5) is 12.1. The first-order valence-corrected chi connectivity index (χ1v) is 9.94. The summed E-state index contributed by atoms with van der Waals surface area (Å²) in [6.45, 7) is 0. The molecule has 1 aromatic heterocycles. The fourth-order valence-corrected chi connectivity index (χ4v) is 3.57. The van der Waals surface area contributed by atoms with Crippen LogP contribution in [0.25, 0.3) is 0 Å². The molecule has 3 aromatic rings. The van der Waals surface area contributed by atoms with Crippen LogP contribution in [-0.2, 0) is 10.0 Å². The Bertz CT molecular complexity index is 1030. The molecule has 0 saturated heterocycles. The van der Waals surface area contributed by atoms with Crippen LogP contribution in [0.3, 0.4) is 0 Å². The lowest BCUT2D eigenvalue weighted by molar-refractivity contribution is 0.0995. The van der Waals surface area contributed by atoms with Crippen molar-refractivity contribution in [3.63, 3.8) is 0 Å². The minimum Gasteiger partial charge on any atom is -0.444 e. The Hall–Kier alpha value is -2.29. The molecule has 0 unspecified atom stereocenters. The third-order valence-electron chi connectivity index (χ3n) is 3.32. The quantitative estimate of drug-likeness (QED) is 0.581. The highest BCUT2D eigenvalue weighted by Gasteiger charge is 2.15. The minimum absolute atomic E-state index is 0.0613. The third kappa shape index (κ3) is 4.46. The zero-order valence-corrected chi connectivity index (χ0v) is 16.2. The molecule has 0 bridgehead atoms. The number of anilines is 2. The van der Waals surface area contributed by atoms with Crippen molar-refractivity contribution >= 4 is 54.8 Å². The molecule has 2 N–H and O–H groups in total. The summed E-state index contributed by atoms with van der Waals surface area (Å²) in [6, 6.07) is 15.2. The predicted octanol–water partition coefficient (Wildman–Crippen LogP) is 4.75. The van der Waals surface area contributed by atoms with Crippen LogP contribution in [0.5, 0.6) is 0 Å². The molecule has 0 aliphatic carbocycles. The van der Waals surface area contributed by atoms with Gasteiger partial charge in [0.25, 0.3) is 15.9 Å². The first-order chi connectivity index (χ1) is 12.3. The number of carbonyl (C=O) groups is 1. The van der Waals surface area contributed by atoms with Gasteiger partial charge in [-0.25, -0.2) is 8.42 Å². The molecule has 0 aliphatic heterocycles. The molecule has 3 rings (SSSR count). The van der Waals surface area contributed by atoms with E-state index < -0.39 is 15.9 Å². The largest absolute Gasteiger partial charge is 0.444 e. The maximum Gasteiger partial charge on any atom is 0.291 e. The Morgan fingerprint density at radius 2 is 1.54 bits per heavy atom. The normalized spacial score (nSPS) is 11.2. The van der Waals surface area contributed by atoms with E-state index >= 15 is 0 Å². The van der Waals surface area contributed by atoms with Crippen LogP contribution in [0, 0.1) is 0 Å². The van der Waals surface area contributed by atoms with Crippen LogP contribution in [-0.4, -0.2) is 14.3 Å². The first-order valence-electron chi connectivity index (χ1n) is 7.29. The number of hydrogen-bond acceptors (Lipinski definition) is 4. The van der Waals surface area contributed by atoms with Crippen LogP contribution in [0.4, 0.5) is 11.4 Å². The summed E-state index contributed by atoms with van der Waals surface area (Å²) in [6.07, 6.45) is 0. The number of benzene rings is 2. The first kappa shape index (κ1) is 18.5. The average Bonchev–Trinajstić information content (AvgIpc) is 3.04. The predicted molar refractivity (Wildman–Crippen MR) is 103 cm³/mol. The van der Waals surface area contributed by atoms with Gasteiger partial charge in [-0.2, -0.15) is 0 Å². The molecule has 0 saturated carbocycles. The number of furan rings is 1. The van der Waals surface area contributed by atoms with Gasteiger partial charge in [0.15, 0.2) is 10.4 Å². The van der Waals surface area contributed by atoms with E-state index in [2.05, 4.69) is 26.0 Å². The summed E-state index contributed by atoms with van der Waals surface area (Å²) in [5, 5.41) is 3.13. The van der Waals surface area contributed by atoms with E-state index in [4.69, 9.17) is 16.0 Å². The Balaban J connectivity index is 1.71. The topological polar surface area (TPSA) is 88.4 Å². The van der Waals surface area contributed by atoms with Gasteiger partial charge in [-0.3, -0.25) is 9.52 Å². The van der Waals surface area contributed by atoms with Crippen LogP contribution >= 0.6 is 27.5 Å². The number of hydrogen-bond donors (Lipinski definition) is 2. The number of halogens is 2. The van der Waals surface area contributed by atoms with Crippen LogP contribution in [0.15, 0.2) is 74.6 Å². The second-order valence-electron chi connectivity index (χ2n) is 5.19. The summed E-state index contributed by atoms with van der Waals surface area (Å²) < 4.78 is 32.8. The van der Waals surface area contributed by atoms with E-state index in [9.17, 15) is 13.2 Å². The third-order valence-corrected chi connectivity index (χ3v) is 5.39. The molecular formula is C17H12BrClN2O4S. The van der Waals surface area contributed by atoms with Gasteiger partial charge < -0.3 is 9.73 Å². The van der Waals surface area contributed by atoms with E-state index in [-0.39, 0.29) is 10.7 Å². The molecule has 0 spiro atoms. The van der Waals surface area contributed by atoms with E-state index in [1.807, 2.05) is 0 Å². The Morgan fingerprint density at radius 1 is 0.923 bits per heavy atom. The summed E-state index contributed by atoms with van der Waals surface area (Å²) in [5.74, 6) is -0.302. The van der Waals surface area contributed by atoms with Crippen molar-refractivity contribution < 1.29 is 17.6 Å². The van der Waals surface area contributed by atoms with Gasteiger partial charge in [-0.1, -0.05) is 11.6 Å². The Labute approximate surface area is 163 Å². The van der Waals surface area contributed by atoms with E-state index in [0.29, 0.717) is 21.1 Å². The van der Waals surface area contributed by atoms with E-state index in [0.717, 1.165) is 0 Å². The van der Waals surface area contributed by atoms with Crippen molar-refractivity contribution in [1.82, 2.24) is 0 Å². The van der Waals surface area contributed by atoms with Gasteiger partial charge in [0, 0.05) is 16.4 Å². The molecule has 6 nitrogen and oxygen atoms in total. The molecule has 1 heterocycles. The highest BCUT2D eigenvalue weighted by molar-refractivity contribution is 9.10. The molecule has 0 aliphatic rings. The minimum atomic E-state index is -3.75. The molecular weight excluding hydrogens is 444 g/mol. The van der Waals surface area contributed by atoms with Crippen molar-refractivity contribution in [1.29, 1.82) is 0 Å². The monoisotopic (exact) mass is 454 g/mol. The summed E-state index contributed by atoms with van der Waals surface area (Å²) in [7, 11) is -3.75. The van der Waals surface area contributed by atoms with Crippen molar-refractivity contribution in [3.05, 3.63) is 76.1 Å². The van der Waals surface area contributed by atoms with E-state index in [1.54, 1.807) is 30.3 Å². The van der Waals surface area contributed by atoms with Gasteiger partial charge in [0.1, 0.15) is 0 Å². The van der Waals surface area contributed by atoms with Gasteiger partial charge >= 0.3 is 0 Å². The molecule has 1 amide bonds. The van der Waals surface area contributed by atoms with Crippen molar-refractivity contribution in [3.8, 4) is 0 Å². The number of nitrogens with one attached hydrogen (secondary N) is 2. The lowest BCUT2D eigenvalue weighted by Crippen LogP contribution is -2.14. The zero-order chi connectivity index (χ0) is 18.7. The summed E-state index contributed by atoms with van der Waals surface area (Å²) >= 11 is 8.90. The van der Waals surface area contributed by atoms with Crippen molar-refractivity contribution in [2.75, 3.05) is 10.0 Å². The lowest BCUT2D eigenvalue weighted by Gasteiger charge is -2.09. The Morgan fingerprint density at radius 3 is 2.12 bits per heavy atom. The summed E-state index contributed by atoms with van der Waals surface area (Å²) in [5.41, 5.74) is 0.836. The highest BCUT2D eigenvalue weighted by atomic mass is 79.9. The second-order valence-corrected chi connectivity index (χ2v) is 8.10. The molecule has 26 heavy (non-hydrogen) atoms. The van der Waals surface area contributed by atoms with E-state index in [1.165, 1.54) is 30.3 Å². The van der Waals surface area contributed by atoms with Crippen LogP contribution in [0.1, 0.15) is 10.6 Å². The Kier molecular flexibility index (Phi) is 5.36. The molecule has 134 valence electrons. The van der Waals surface area contributed by atoms with Crippen molar-refractivity contribution in [2.45, 2.75) is 4.90 Å². The van der Waals surface area contributed by atoms with Gasteiger partial charge in [-0.05, 0) is 76.6 Å². The standard InChI is InChI=1S/C17H12BrClN2O4S/c18-16-10-9-15(25-16)17(22)20-12-5-7-14(8-6-12)26(23,24)21-13-3-1-11(19)2-4-13/h1-10,21H,(H,20,22). The molecule has 9 heteroatoms. The fourth-order valence-electron chi connectivity index (χ4n) is 2.08. The average molecular weight is 456 g/mol. The highest BCUT2D eigenvalue weighted by Crippen LogP contribution is 2.21. The second kappa shape index (κ2) is 7.53. The molecule has 0 fully saturated rings. The number of carbonyl (C=O) groups excluding carboxylic acids is 1. The molecule has 2 aromatic carbocycles. The number of rotatable bonds is 5. The maximum absolute atomic E-state index is 12.4. The number of amides is 1. The fraction of sp³-hybridized carbons (Fsp3) is 0. The molecule has 0 atom stereocenters. The zero-order valence-electron chi connectivity index (χ0n) is 13.1. The van der Waals surface area contributed by atoms with Crippen LogP contribution in [0.2, 0.25) is 5.02 Å². The van der Waals surface area contributed by atoms with Gasteiger partial charge in [0.05, 0.1) is 4.90 Å². The van der Waals surface area contributed by atoms with Gasteiger partial charge in [0.2, 0.25) is 0 Å².